The van der Waals surface area contributed by atoms with Gasteiger partial charge in [0.15, 0.2) is 10.3 Å². The molecule has 0 fully saturated rings. The summed E-state index contributed by atoms with van der Waals surface area (Å²) in [5.74, 6) is 1.99. The highest BCUT2D eigenvalue weighted by molar-refractivity contribution is 7.99. The van der Waals surface area contributed by atoms with Crippen molar-refractivity contribution in [3.63, 3.8) is 0 Å². The van der Waals surface area contributed by atoms with Gasteiger partial charge in [0.2, 0.25) is 5.91 Å². The molecule has 0 saturated heterocycles. The van der Waals surface area contributed by atoms with E-state index in [2.05, 4.69) is 38.9 Å². The Morgan fingerprint density at radius 3 is 2.65 bits per heavy atom. The minimum atomic E-state index is -0.0993. The number of rotatable bonds is 11. The molecule has 1 amide bonds. The van der Waals surface area contributed by atoms with Crippen LogP contribution >= 0.6 is 23.1 Å². The number of unbranched alkanes of at least 4 members (excludes halogenated alkanes) is 1. The first kappa shape index (κ1) is 23.3. The van der Waals surface area contributed by atoms with E-state index in [-0.39, 0.29) is 11.7 Å². The fourth-order valence-electron chi connectivity index (χ4n) is 3.14. The molecule has 3 aromatic rings. The molecule has 0 radical (unpaired) electrons. The molecule has 9 heteroatoms. The van der Waals surface area contributed by atoms with E-state index in [1.807, 2.05) is 38.1 Å². The number of anilines is 1. The molecular formula is C22H29N5O2S2. The Kier molecular flexibility index (Phi) is 8.48. The van der Waals surface area contributed by atoms with Crippen molar-refractivity contribution < 1.29 is 9.53 Å². The topological polar surface area (TPSA) is 81.9 Å². The Morgan fingerprint density at radius 2 is 1.97 bits per heavy atom. The van der Waals surface area contributed by atoms with Gasteiger partial charge in [-0.3, -0.25) is 4.79 Å². The Bertz CT molecular complexity index is 998. The van der Waals surface area contributed by atoms with Gasteiger partial charge in [-0.1, -0.05) is 25.1 Å². The number of nitrogens with zero attached hydrogens (tertiary/aromatic N) is 4. The molecule has 0 aliphatic heterocycles. The second-order valence-corrected chi connectivity index (χ2v) is 9.11. The van der Waals surface area contributed by atoms with Gasteiger partial charge in [0.1, 0.15) is 11.6 Å². The number of aryl methyl sites for hydroxylation is 2. The van der Waals surface area contributed by atoms with Crippen molar-refractivity contribution in [2.45, 2.75) is 58.7 Å². The van der Waals surface area contributed by atoms with Crippen LogP contribution < -0.4 is 10.1 Å². The normalized spacial score (nSPS) is 11.0. The lowest BCUT2D eigenvalue weighted by molar-refractivity contribution is -0.113. The summed E-state index contributed by atoms with van der Waals surface area (Å²) in [4.78, 5) is 18.2. The third kappa shape index (κ3) is 6.07. The number of carbonyl (C=O) groups is 1. The first-order chi connectivity index (χ1) is 15.0. The molecule has 7 nitrogen and oxygen atoms in total. The standard InChI is InChI=1S/C22H29N5O2S2/c1-5-8-9-18-25-26-22(27(18)6-2)30-14-19(28)23-21-24-20(15(4)31-21)16-10-12-17(13-11-16)29-7-3/h10-13H,5-9,14H2,1-4H3,(H,23,24,28). The van der Waals surface area contributed by atoms with Crippen LogP contribution in [0.15, 0.2) is 29.4 Å². The summed E-state index contributed by atoms with van der Waals surface area (Å²) in [6, 6.07) is 7.85. The Hall–Kier alpha value is -2.39. The second-order valence-electron chi connectivity index (χ2n) is 6.96. The number of carbonyl (C=O) groups excluding carboxylic acids is 1. The molecular weight excluding hydrogens is 430 g/mol. The number of hydrogen-bond acceptors (Lipinski definition) is 7. The average Bonchev–Trinajstić information content (AvgIpc) is 3.33. The van der Waals surface area contributed by atoms with E-state index in [0.717, 1.165) is 58.7 Å². The maximum Gasteiger partial charge on any atom is 0.236 e. The smallest absolute Gasteiger partial charge is 0.236 e. The number of nitrogens with one attached hydrogen (secondary N) is 1. The number of amides is 1. The number of benzene rings is 1. The highest BCUT2D eigenvalue weighted by Gasteiger charge is 2.15. The van der Waals surface area contributed by atoms with Crippen LogP contribution in [-0.4, -0.2) is 38.0 Å². The number of thioether (sulfide) groups is 1. The lowest BCUT2D eigenvalue weighted by Gasteiger charge is -2.06. The minimum Gasteiger partial charge on any atom is -0.494 e. The summed E-state index contributed by atoms with van der Waals surface area (Å²) in [6.07, 6.45) is 3.12. The fourth-order valence-corrected chi connectivity index (χ4v) is 4.82. The SMILES string of the molecule is CCCCc1nnc(SCC(=O)Nc2nc(-c3ccc(OCC)cc3)c(C)s2)n1CC. The van der Waals surface area contributed by atoms with Gasteiger partial charge in [0.25, 0.3) is 0 Å². The van der Waals surface area contributed by atoms with Crippen LogP contribution in [0, 0.1) is 6.92 Å². The van der Waals surface area contributed by atoms with Gasteiger partial charge in [0.05, 0.1) is 18.1 Å². The molecule has 1 aromatic carbocycles. The van der Waals surface area contributed by atoms with Crippen molar-refractivity contribution in [3.8, 4) is 17.0 Å². The van der Waals surface area contributed by atoms with Crippen molar-refractivity contribution >= 4 is 34.1 Å². The molecule has 2 heterocycles. The average molecular weight is 460 g/mol. The van der Waals surface area contributed by atoms with E-state index >= 15 is 0 Å². The minimum absolute atomic E-state index is 0.0993. The summed E-state index contributed by atoms with van der Waals surface area (Å²) < 4.78 is 7.59. The molecule has 31 heavy (non-hydrogen) atoms. The van der Waals surface area contributed by atoms with Gasteiger partial charge in [0, 0.05) is 23.4 Å². The first-order valence-electron chi connectivity index (χ1n) is 10.6. The van der Waals surface area contributed by atoms with E-state index in [1.54, 1.807) is 0 Å². The van der Waals surface area contributed by atoms with Gasteiger partial charge in [-0.25, -0.2) is 4.98 Å². The van der Waals surface area contributed by atoms with Crippen molar-refractivity contribution in [2.24, 2.45) is 0 Å². The van der Waals surface area contributed by atoms with Crippen molar-refractivity contribution in [1.82, 2.24) is 19.7 Å². The monoisotopic (exact) mass is 459 g/mol. The number of aromatic nitrogens is 4. The number of ether oxygens (including phenoxy) is 1. The van der Waals surface area contributed by atoms with Crippen LogP contribution in [0.2, 0.25) is 0 Å². The van der Waals surface area contributed by atoms with Crippen LogP contribution in [0.1, 0.15) is 44.3 Å². The molecule has 3 rings (SSSR count). The van der Waals surface area contributed by atoms with Crippen LogP contribution in [0.5, 0.6) is 5.75 Å². The summed E-state index contributed by atoms with van der Waals surface area (Å²) in [5.41, 5.74) is 1.88. The summed E-state index contributed by atoms with van der Waals surface area (Å²) in [5, 5.41) is 12.9. The van der Waals surface area contributed by atoms with Gasteiger partial charge >= 0.3 is 0 Å². The molecule has 0 unspecified atom stereocenters. The van der Waals surface area contributed by atoms with Crippen molar-refractivity contribution in [2.75, 3.05) is 17.7 Å². The number of thiazole rings is 1. The first-order valence-corrected chi connectivity index (χ1v) is 12.4. The molecule has 166 valence electrons. The highest BCUT2D eigenvalue weighted by Crippen LogP contribution is 2.31. The van der Waals surface area contributed by atoms with E-state index < -0.39 is 0 Å². The van der Waals surface area contributed by atoms with Gasteiger partial charge < -0.3 is 14.6 Å². The van der Waals surface area contributed by atoms with E-state index in [4.69, 9.17) is 4.74 Å². The Morgan fingerprint density at radius 1 is 1.19 bits per heavy atom. The molecule has 1 N–H and O–H groups in total. The van der Waals surface area contributed by atoms with Crippen LogP contribution in [0.4, 0.5) is 5.13 Å². The third-order valence-electron chi connectivity index (χ3n) is 4.68. The Balaban J connectivity index is 1.60. The summed E-state index contributed by atoms with van der Waals surface area (Å²) in [6.45, 7) is 9.64. The zero-order valence-corrected chi connectivity index (χ0v) is 20.1. The molecule has 0 spiro atoms. The van der Waals surface area contributed by atoms with Crippen LogP contribution in [0.3, 0.4) is 0 Å². The lowest BCUT2D eigenvalue weighted by Crippen LogP contribution is -2.14. The van der Waals surface area contributed by atoms with Gasteiger partial charge in [-0.2, -0.15) is 0 Å². The molecule has 0 saturated carbocycles. The molecule has 0 atom stereocenters. The predicted molar refractivity (Wildman–Crippen MR) is 127 cm³/mol. The summed E-state index contributed by atoms with van der Waals surface area (Å²) >= 11 is 2.88. The van der Waals surface area contributed by atoms with E-state index in [0.29, 0.717) is 11.7 Å². The highest BCUT2D eigenvalue weighted by atomic mass is 32.2. The van der Waals surface area contributed by atoms with E-state index in [1.165, 1.54) is 23.1 Å². The third-order valence-corrected chi connectivity index (χ3v) is 6.53. The maximum atomic E-state index is 12.5. The molecule has 0 aliphatic carbocycles. The molecule has 2 aromatic heterocycles. The van der Waals surface area contributed by atoms with E-state index in [9.17, 15) is 4.79 Å². The van der Waals surface area contributed by atoms with Gasteiger partial charge in [-0.05, 0) is 51.5 Å². The van der Waals surface area contributed by atoms with Crippen molar-refractivity contribution in [1.29, 1.82) is 0 Å². The fraction of sp³-hybridized carbons (Fsp3) is 0.455. The van der Waals surface area contributed by atoms with Crippen LogP contribution in [0.25, 0.3) is 11.3 Å². The maximum absolute atomic E-state index is 12.5. The van der Waals surface area contributed by atoms with Crippen LogP contribution in [-0.2, 0) is 17.8 Å². The predicted octanol–water partition coefficient (Wildman–Crippen LogP) is 5.20. The number of hydrogen-bond donors (Lipinski definition) is 1. The molecule has 0 aliphatic rings. The lowest BCUT2D eigenvalue weighted by atomic mass is 10.1. The second kappa shape index (κ2) is 11.3. The zero-order valence-electron chi connectivity index (χ0n) is 18.5. The summed E-state index contributed by atoms with van der Waals surface area (Å²) in [7, 11) is 0. The van der Waals surface area contributed by atoms with Gasteiger partial charge in [-0.15, -0.1) is 21.5 Å². The zero-order chi connectivity index (χ0) is 22.2. The molecule has 0 bridgehead atoms. The van der Waals surface area contributed by atoms with Crippen molar-refractivity contribution in [3.05, 3.63) is 35.0 Å². The quantitative estimate of drug-likeness (QED) is 0.397. The Labute approximate surface area is 191 Å². The largest absolute Gasteiger partial charge is 0.494 e.